The number of hydrogen-bond donors (Lipinski definition) is 0. The van der Waals surface area contributed by atoms with Crippen molar-refractivity contribution in [3.8, 4) is 0 Å². The third kappa shape index (κ3) is 2.06. The largest absolute Gasteiger partial charge is 0.274 e. The summed E-state index contributed by atoms with van der Waals surface area (Å²) in [6.45, 7) is 1.76. The summed E-state index contributed by atoms with van der Waals surface area (Å²) in [5.74, 6) is 0. The van der Waals surface area contributed by atoms with Gasteiger partial charge in [-0.25, -0.2) is 0 Å². The Bertz CT molecular complexity index is 338. The molecule has 0 aliphatic rings. The Labute approximate surface area is 97.0 Å². The van der Waals surface area contributed by atoms with Crippen molar-refractivity contribution < 1.29 is 4.92 Å². The molecule has 0 amide bonds. The van der Waals surface area contributed by atoms with Gasteiger partial charge in [0, 0.05) is 18.8 Å². The molecule has 0 aliphatic carbocycles. The third-order valence-corrected chi connectivity index (χ3v) is 3.22. The molecule has 1 rings (SSSR count). The number of hydrogen-bond acceptors (Lipinski definition) is 2. The average Bonchev–Trinajstić information content (AvgIpc) is 1.96. The average molecular weight is 389 g/mol. The van der Waals surface area contributed by atoms with Crippen molar-refractivity contribution in [2.45, 2.75) is 6.92 Å². The number of benzene rings is 1. The lowest BCUT2D eigenvalue weighted by Crippen LogP contribution is -1.94. The number of rotatable bonds is 1. The van der Waals surface area contributed by atoms with Gasteiger partial charge in [0.1, 0.15) is 0 Å². The van der Waals surface area contributed by atoms with Crippen molar-refractivity contribution in [2.24, 2.45) is 0 Å². The minimum Gasteiger partial charge on any atom is -0.258 e. The van der Waals surface area contributed by atoms with Crippen LogP contribution in [0.1, 0.15) is 5.56 Å². The molecule has 0 saturated carbocycles. The summed E-state index contributed by atoms with van der Waals surface area (Å²) < 4.78 is 1.83. The number of nitrogens with zero attached hydrogens (tertiary/aromatic N) is 1. The minimum atomic E-state index is -0.348. The minimum absolute atomic E-state index is 0.200. The molecule has 0 aromatic heterocycles. The molecule has 0 unspecified atom stereocenters. The first-order valence-electron chi connectivity index (χ1n) is 3.12. The van der Waals surface area contributed by atoms with Gasteiger partial charge >= 0.3 is 0 Å². The van der Waals surface area contributed by atoms with Crippen molar-refractivity contribution in [1.29, 1.82) is 0 Å². The molecule has 0 aliphatic heterocycles. The lowest BCUT2D eigenvalue weighted by atomic mass is 10.2. The van der Waals surface area contributed by atoms with Crippen LogP contribution in [0.4, 0.5) is 5.69 Å². The zero-order valence-electron chi connectivity index (χ0n) is 6.17. The van der Waals surface area contributed by atoms with Crippen LogP contribution in [-0.4, -0.2) is 4.92 Å². The molecule has 1 aromatic rings. The van der Waals surface area contributed by atoms with E-state index in [-0.39, 0.29) is 10.6 Å². The molecule has 5 heteroatoms. The molecule has 64 valence electrons. The summed E-state index contributed by atoms with van der Waals surface area (Å²) in [7, 11) is 0. The fraction of sp³-hybridized carbons (Fsp3) is 0.143. The lowest BCUT2D eigenvalue weighted by Gasteiger charge is -2.00. The number of nitro benzene ring substituents is 1. The maximum atomic E-state index is 10.5. The van der Waals surface area contributed by atoms with E-state index in [1.807, 2.05) is 6.07 Å². The van der Waals surface area contributed by atoms with Crippen LogP contribution in [0.15, 0.2) is 12.1 Å². The first-order valence-corrected chi connectivity index (χ1v) is 5.28. The monoisotopic (exact) mass is 389 g/mol. The standard InChI is InChI=1S/C7H5I2NO2/c1-4-6(9)2-5(8)3-7(4)10(11)12/h2-3H,1H3. The second-order valence-electron chi connectivity index (χ2n) is 2.29. The summed E-state index contributed by atoms with van der Waals surface area (Å²) in [6.07, 6.45) is 0. The van der Waals surface area contributed by atoms with E-state index in [2.05, 4.69) is 45.2 Å². The highest BCUT2D eigenvalue weighted by molar-refractivity contribution is 14.1. The van der Waals surface area contributed by atoms with E-state index in [0.717, 1.165) is 12.7 Å². The van der Waals surface area contributed by atoms with E-state index >= 15 is 0 Å². The third-order valence-electron chi connectivity index (χ3n) is 1.48. The molecule has 0 radical (unpaired) electrons. The number of nitro groups is 1. The predicted molar refractivity (Wildman–Crippen MR) is 63.3 cm³/mol. The molecule has 0 bridgehead atoms. The van der Waals surface area contributed by atoms with Crippen LogP contribution in [0.25, 0.3) is 0 Å². The van der Waals surface area contributed by atoms with E-state index in [1.165, 1.54) is 0 Å². The molecule has 3 nitrogen and oxygen atoms in total. The Morgan fingerprint density at radius 1 is 1.42 bits per heavy atom. The lowest BCUT2D eigenvalue weighted by molar-refractivity contribution is -0.385. The van der Waals surface area contributed by atoms with Gasteiger partial charge in [0.25, 0.3) is 5.69 Å². The van der Waals surface area contributed by atoms with Crippen molar-refractivity contribution >= 4 is 50.9 Å². The van der Waals surface area contributed by atoms with Gasteiger partial charge < -0.3 is 0 Å². The first-order chi connectivity index (χ1) is 5.52. The highest BCUT2D eigenvalue weighted by Gasteiger charge is 2.13. The predicted octanol–water partition coefficient (Wildman–Crippen LogP) is 3.11. The van der Waals surface area contributed by atoms with Gasteiger partial charge in [-0.15, -0.1) is 0 Å². The molecule has 0 spiro atoms. The van der Waals surface area contributed by atoms with Crippen molar-refractivity contribution in [1.82, 2.24) is 0 Å². The molecule has 0 atom stereocenters. The van der Waals surface area contributed by atoms with E-state index in [0.29, 0.717) is 0 Å². The first kappa shape index (κ1) is 10.2. The van der Waals surface area contributed by atoms with Gasteiger partial charge in [-0.1, -0.05) is 0 Å². The van der Waals surface area contributed by atoms with E-state index in [4.69, 9.17) is 0 Å². The molecule has 12 heavy (non-hydrogen) atoms. The Hall–Kier alpha value is 0.0800. The van der Waals surface area contributed by atoms with Gasteiger partial charge in [0.05, 0.1) is 4.92 Å². The summed E-state index contributed by atoms with van der Waals surface area (Å²) in [4.78, 5) is 10.2. The zero-order valence-corrected chi connectivity index (χ0v) is 10.5. The maximum Gasteiger partial charge on any atom is 0.274 e. The van der Waals surface area contributed by atoms with Crippen LogP contribution in [0.2, 0.25) is 0 Å². The summed E-state index contributed by atoms with van der Waals surface area (Å²) in [5, 5.41) is 10.5. The Morgan fingerprint density at radius 2 is 2.00 bits per heavy atom. The molecular formula is C7H5I2NO2. The Balaban J connectivity index is 3.37. The van der Waals surface area contributed by atoms with Crippen molar-refractivity contribution in [2.75, 3.05) is 0 Å². The highest BCUT2D eigenvalue weighted by Crippen LogP contribution is 2.25. The molecule has 0 heterocycles. The molecule has 1 aromatic carbocycles. The summed E-state index contributed by atoms with van der Waals surface area (Å²) >= 11 is 4.17. The van der Waals surface area contributed by atoms with E-state index < -0.39 is 0 Å². The topological polar surface area (TPSA) is 43.1 Å². The number of halogens is 2. The Kier molecular flexibility index (Phi) is 3.27. The van der Waals surface area contributed by atoms with Gasteiger partial charge in [-0.05, 0) is 58.2 Å². The van der Waals surface area contributed by atoms with Gasteiger partial charge in [0.2, 0.25) is 0 Å². The van der Waals surface area contributed by atoms with Crippen LogP contribution in [0.5, 0.6) is 0 Å². The fourth-order valence-corrected chi connectivity index (χ4v) is 2.64. The van der Waals surface area contributed by atoms with Crippen LogP contribution in [0, 0.1) is 24.2 Å². The Morgan fingerprint density at radius 3 is 2.50 bits per heavy atom. The van der Waals surface area contributed by atoms with Gasteiger partial charge in [-0.3, -0.25) is 10.1 Å². The smallest absolute Gasteiger partial charge is 0.258 e. The van der Waals surface area contributed by atoms with E-state index in [1.54, 1.807) is 13.0 Å². The van der Waals surface area contributed by atoms with Crippen LogP contribution in [-0.2, 0) is 0 Å². The fourth-order valence-electron chi connectivity index (χ4n) is 0.822. The maximum absolute atomic E-state index is 10.5. The van der Waals surface area contributed by atoms with Gasteiger partial charge in [0.15, 0.2) is 0 Å². The van der Waals surface area contributed by atoms with Crippen LogP contribution < -0.4 is 0 Å². The molecule has 0 N–H and O–H groups in total. The molecule has 0 fully saturated rings. The van der Waals surface area contributed by atoms with Crippen LogP contribution >= 0.6 is 45.2 Å². The summed E-state index contributed by atoms with van der Waals surface area (Å²) in [5.41, 5.74) is 0.937. The SMILES string of the molecule is Cc1c(I)cc(I)cc1[N+](=O)[O-]. The second-order valence-corrected chi connectivity index (χ2v) is 4.70. The van der Waals surface area contributed by atoms with Crippen LogP contribution in [0.3, 0.4) is 0 Å². The quantitative estimate of drug-likeness (QED) is 0.421. The van der Waals surface area contributed by atoms with Crippen molar-refractivity contribution in [3.05, 3.63) is 35.0 Å². The van der Waals surface area contributed by atoms with E-state index in [9.17, 15) is 10.1 Å². The highest BCUT2D eigenvalue weighted by atomic mass is 127. The zero-order chi connectivity index (χ0) is 9.30. The van der Waals surface area contributed by atoms with Gasteiger partial charge in [-0.2, -0.15) is 0 Å². The normalized spacial score (nSPS) is 9.92. The second kappa shape index (κ2) is 3.86. The van der Waals surface area contributed by atoms with Crippen molar-refractivity contribution in [3.63, 3.8) is 0 Å². The molecule has 0 saturated heterocycles. The molecular weight excluding hydrogens is 384 g/mol. The summed E-state index contributed by atoms with van der Waals surface area (Å²) in [6, 6.07) is 3.50.